The third-order valence-corrected chi connectivity index (χ3v) is 5.79. The maximum atomic E-state index is 10.3. The zero-order chi connectivity index (χ0) is 27.4. The fourth-order valence-electron chi connectivity index (χ4n) is 3.80. The first kappa shape index (κ1) is 29.5. The highest BCUT2D eigenvalue weighted by atomic mass is 16.5. The van der Waals surface area contributed by atoms with Crippen molar-refractivity contribution in [3.8, 4) is 5.75 Å². The van der Waals surface area contributed by atoms with Crippen molar-refractivity contribution in [2.75, 3.05) is 38.2 Å². The van der Waals surface area contributed by atoms with Crippen LogP contribution in [0.3, 0.4) is 0 Å². The number of rotatable bonds is 10. The third-order valence-electron chi connectivity index (χ3n) is 5.79. The van der Waals surface area contributed by atoms with Crippen LogP contribution < -0.4 is 9.64 Å². The van der Waals surface area contributed by atoms with Gasteiger partial charge in [0.15, 0.2) is 5.60 Å². The quantitative estimate of drug-likeness (QED) is 0.357. The van der Waals surface area contributed by atoms with Gasteiger partial charge >= 0.3 is 17.9 Å². The Hall–Kier alpha value is -3.77. The predicted octanol–water partition coefficient (Wildman–Crippen LogP) is 1.51. The number of ether oxygens (including phenoxy) is 1. The highest BCUT2D eigenvalue weighted by Crippen LogP contribution is 2.21. The van der Waals surface area contributed by atoms with Crippen LogP contribution in [-0.2, 0) is 27.3 Å². The normalized spacial score (nSPS) is 14.2. The molecule has 4 N–H and O–H groups in total. The number of hydrogen-bond acceptors (Lipinski definition) is 9. The molecule has 12 heteroatoms. The van der Waals surface area contributed by atoms with Crippen LogP contribution in [0, 0.1) is 0 Å². The van der Waals surface area contributed by atoms with Crippen LogP contribution in [0.15, 0.2) is 36.7 Å². The number of aryl methyl sites for hydroxylation is 1. The fourth-order valence-corrected chi connectivity index (χ4v) is 3.80. The summed E-state index contributed by atoms with van der Waals surface area (Å²) < 4.78 is 5.24. The van der Waals surface area contributed by atoms with Crippen LogP contribution in [0.5, 0.6) is 5.75 Å². The van der Waals surface area contributed by atoms with E-state index in [1.54, 1.807) is 7.11 Å². The van der Waals surface area contributed by atoms with Gasteiger partial charge in [-0.3, -0.25) is 14.5 Å². The molecule has 1 fully saturated rings. The van der Waals surface area contributed by atoms with Gasteiger partial charge in [0.2, 0.25) is 0 Å². The highest BCUT2D eigenvalue weighted by molar-refractivity contribution is 5.88. The second-order valence-corrected chi connectivity index (χ2v) is 8.65. The minimum atomic E-state index is -2.74. The number of anilines is 1. The zero-order valence-electron chi connectivity index (χ0n) is 21.0. The van der Waals surface area contributed by atoms with Crippen molar-refractivity contribution >= 4 is 23.6 Å². The van der Waals surface area contributed by atoms with Crippen LogP contribution in [0.1, 0.15) is 37.6 Å². The Morgan fingerprint density at radius 2 is 1.54 bits per heavy atom. The van der Waals surface area contributed by atoms with Crippen LogP contribution in [0.25, 0.3) is 0 Å². The molecule has 1 aromatic carbocycles. The average molecular weight is 519 g/mol. The van der Waals surface area contributed by atoms with E-state index >= 15 is 0 Å². The number of aliphatic carboxylic acids is 3. The highest BCUT2D eigenvalue weighted by Gasteiger charge is 2.40. The summed E-state index contributed by atoms with van der Waals surface area (Å²) in [5.41, 5.74) is -0.268. The Bertz CT molecular complexity index is 1010. The predicted molar refractivity (Wildman–Crippen MR) is 134 cm³/mol. The number of nitrogens with zero attached hydrogens (tertiary/aromatic N) is 4. The van der Waals surface area contributed by atoms with E-state index in [1.165, 1.54) is 17.7 Å². The summed E-state index contributed by atoms with van der Waals surface area (Å²) in [5, 5.41) is 33.8. The second kappa shape index (κ2) is 14.1. The van der Waals surface area contributed by atoms with Crippen molar-refractivity contribution < 1.29 is 39.5 Å². The van der Waals surface area contributed by atoms with Gasteiger partial charge in [-0.05, 0) is 30.7 Å². The van der Waals surface area contributed by atoms with Crippen molar-refractivity contribution in [2.24, 2.45) is 0 Å². The molecule has 1 aliphatic heterocycles. The first-order valence-electron chi connectivity index (χ1n) is 11.9. The van der Waals surface area contributed by atoms with E-state index in [1.807, 2.05) is 24.5 Å². The Balaban J connectivity index is 0.000000317. The van der Waals surface area contributed by atoms with Crippen molar-refractivity contribution in [1.29, 1.82) is 0 Å². The largest absolute Gasteiger partial charge is 0.497 e. The number of methoxy groups -OCH3 is 1. The number of benzene rings is 1. The molecule has 1 saturated heterocycles. The minimum absolute atomic E-state index is 0.890. The van der Waals surface area contributed by atoms with Gasteiger partial charge in [0, 0.05) is 62.8 Å². The van der Waals surface area contributed by atoms with E-state index < -0.39 is 36.4 Å². The van der Waals surface area contributed by atoms with Crippen LogP contribution in [0.2, 0.25) is 0 Å². The van der Waals surface area contributed by atoms with Crippen LogP contribution in [0.4, 0.5) is 5.69 Å². The van der Waals surface area contributed by atoms with Gasteiger partial charge in [-0.25, -0.2) is 14.8 Å². The molecular weight excluding hydrogens is 484 g/mol. The lowest BCUT2D eigenvalue weighted by Gasteiger charge is -2.23. The summed E-state index contributed by atoms with van der Waals surface area (Å²) in [4.78, 5) is 44.2. The molecule has 12 nitrogen and oxygen atoms in total. The monoisotopic (exact) mass is 518 g/mol. The van der Waals surface area contributed by atoms with Gasteiger partial charge in [-0.1, -0.05) is 6.92 Å². The number of hydrogen-bond donors (Lipinski definition) is 4. The lowest BCUT2D eigenvalue weighted by molar-refractivity contribution is -0.170. The lowest BCUT2D eigenvalue weighted by atomic mass is 9.96. The molecule has 0 amide bonds. The Morgan fingerprint density at radius 3 is 2.03 bits per heavy atom. The van der Waals surface area contributed by atoms with Gasteiger partial charge in [0.05, 0.1) is 20.0 Å². The summed E-state index contributed by atoms with van der Waals surface area (Å²) >= 11 is 0. The lowest BCUT2D eigenvalue weighted by Crippen LogP contribution is -2.42. The van der Waals surface area contributed by atoms with Crippen molar-refractivity contribution in [2.45, 2.75) is 44.8 Å². The van der Waals surface area contributed by atoms with Crippen LogP contribution >= 0.6 is 0 Å². The maximum absolute atomic E-state index is 10.3. The van der Waals surface area contributed by atoms with E-state index in [0.29, 0.717) is 0 Å². The molecule has 0 aliphatic carbocycles. The summed E-state index contributed by atoms with van der Waals surface area (Å²) in [6.07, 6.45) is 3.71. The van der Waals surface area contributed by atoms with E-state index in [2.05, 4.69) is 38.8 Å². The molecule has 3 rings (SSSR count). The van der Waals surface area contributed by atoms with E-state index in [0.717, 1.165) is 50.7 Å². The molecule has 0 bridgehead atoms. The fraction of sp³-hybridized carbons (Fsp3) is 0.480. The number of carboxylic acid groups (broad SMARTS) is 3. The molecule has 2 heterocycles. The smallest absolute Gasteiger partial charge is 0.336 e. The second-order valence-electron chi connectivity index (χ2n) is 8.65. The van der Waals surface area contributed by atoms with Gasteiger partial charge < -0.3 is 30.1 Å². The molecule has 2 aromatic rings. The van der Waals surface area contributed by atoms with Crippen LogP contribution in [-0.4, -0.2) is 92.1 Å². The zero-order valence-corrected chi connectivity index (χ0v) is 21.0. The third kappa shape index (κ3) is 9.66. The van der Waals surface area contributed by atoms with Crippen molar-refractivity contribution in [3.05, 3.63) is 48.0 Å². The van der Waals surface area contributed by atoms with Gasteiger partial charge in [0.25, 0.3) is 0 Å². The summed E-state index contributed by atoms with van der Waals surface area (Å²) in [6.45, 7) is 7.32. The molecular formula is C25H34N4O8. The molecule has 0 atom stereocenters. The molecule has 0 unspecified atom stereocenters. The van der Waals surface area contributed by atoms with Gasteiger partial charge in [0.1, 0.15) is 11.6 Å². The Labute approximate surface area is 215 Å². The van der Waals surface area contributed by atoms with E-state index in [9.17, 15) is 14.4 Å². The molecule has 0 saturated carbocycles. The maximum Gasteiger partial charge on any atom is 0.336 e. The van der Waals surface area contributed by atoms with E-state index in [4.69, 9.17) is 25.2 Å². The SMILES string of the molecule is CCc1ncc(CN2CCCN(c3ccc(OC)cc3)CC2)cn1.O=C(O)CC(O)(CC(=O)O)C(=O)O. The first-order chi connectivity index (χ1) is 17.6. The average Bonchev–Trinajstić information content (AvgIpc) is 3.09. The minimum Gasteiger partial charge on any atom is -0.497 e. The Kier molecular flexibility index (Phi) is 11.2. The van der Waals surface area contributed by atoms with Gasteiger partial charge in [-0.15, -0.1) is 0 Å². The molecule has 37 heavy (non-hydrogen) atoms. The topological polar surface area (TPSA) is 174 Å². The number of carboxylic acids is 3. The molecule has 202 valence electrons. The standard InChI is InChI=1S/C19H26N4O.C6H8O7/c1-3-19-20-13-16(14-21-19)15-22-9-4-10-23(12-11-22)17-5-7-18(24-2)8-6-17;7-3(8)1-6(13,5(11)12)2-4(9)10/h5-8,13-14H,3-4,9-12,15H2,1-2H3;13H,1-2H2,(H,7,8)(H,9,10)(H,11,12). The number of aliphatic hydroxyl groups is 1. The molecule has 0 radical (unpaired) electrons. The molecule has 0 spiro atoms. The number of carbonyl (C=O) groups is 3. The Morgan fingerprint density at radius 1 is 0.946 bits per heavy atom. The molecule has 1 aromatic heterocycles. The number of aromatic nitrogens is 2. The van der Waals surface area contributed by atoms with Crippen molar-refractivity contribution in [1.82, 2.24) is 14.9 Å². The first-order valence-corrected chi connectivity index (χ1v) is 11.9. The van der Waals surface area contributed by atoms with E-state index in [-0.39, 0.29) is 0 Å². The summed E-state index contributed by atoms with van der Waals surface area (Å²) in [6, 6.07) is 8.35. The molecule has 1 aliphatic rings. The van der Waals surface area contributed by atoms with Gasteiger partial charge in [-0.2, -0.15) is 0 Å². The summed E-state index contributed by atoms with van der Waals surface area (Å²) in [7, 11) is 1.70. The van der Waals surface area contributed by atoms with Crippen molar-refractivity contribution in [3.63, 3.8) is 0 Å². The summed E-state index contributed by atoms with van der Waals surface area (Å²) in [5.74, 6) is -3.19.